The molecule has 0 aromatic heterocycles. The summed E-state index contributed by atoms with van der Waals surface area (Å²) < 4.78 is 38.9. The third-order valence-electron chi connectivity index (χ3n) is 4.44. The molecule has 19 heavy (non-hydrogen) atoms. The van der Waals surface area contributed by atoms with Crippen LogP contribution in [0, 0.1) is 17.6 Å². The van der Waals surface area contributed by atoms with Crippen LogP contribution >= 0.6 is 0 Å². The predicted molar refractivity (Wildman–Crippen MR) is 67.3 cm³/mol. The third kappa shape index (κ3) is 1.55. The molecular formula is C15H18F2O2. The Hall–Kier alpha value is -1.16. The van der Waals surface area contributed by atoms with Crippen molar-refractivity contribution in [2.24, 2.45) is 5.92 Å². The van der Waals surface area contributed by atoms with E-state index in [0.29, 0.717) is 12.2 Å². The van der Waals surface area contributed by atoms with Gasteiger partial charge in [-0.25, -0.2) is 8.78 Å². The molecule has 1 aromatic carbocycles. The first-order valence-electron chi connectivity index (χ1n) is 6.90. The van der Waals surface area contributed by atoms with Gasteiger partial charge in [0, 0.05) is 23.5 Å². The molecule has 3 aliphatic rings. The molecular weight excluding hydrogens is 250 g/mol. The van der Waals surface area contributed by atoms with Crippen molar-refractivity contribution in [2.45, 2.75) is 44.8 Å². The lowest BCUT2D eigenvalue weighted by atomic mass is 9.72. The maximum atomic E-state index is 14.0. The third-order valence-corrected chi connectivity index (χ3v) is 4.44. The van der Waals surface area contributed by atoms with Crippen molar-refractivity contribution in [3.05, 3.63) is 29.3 Å². The van der Waals surface area contributed by atoms with E-state index in [0.717, 1.165) is 12.5 Å². The summed E-state index contributed by atoms with van der Waals surface area (Å²) in [7, 11) is 0. The Bertz CT molecular complexity index is 517. The number of rotatable bonds is 0. The number of fused-ring (bicyclic) bond motifs is 3. The van der Waals surface area contributed by atoms with Crippen molar-refractivity contribution in [3.8, 4) is 5.75 Å². The van der Waals surface area contributed by atoms with Crippen LogP contribution in [0.3, 0.4) is 0 Å². The molecule has 3 unspecified atom stereocenters. The molecule has 2 nitrogen and oxygen atoms in total. The molecule has 2 fully saturated rings. The fraction of sp³-hybridized carbons (Fsp3) is 0.600. The lowest BCUT2D eigenvalue weighted by Gasteiger charge is -2.36. The summed E-state index contributed by atoms with van der Waals surface area (Å²) >= 11 is 0. The van der Waals surface area contributed by atoms with Crippen molar-refractivity contribution in [2.75, 3.05) is 6.61 Å². The van der Waals surface area contributed by atoms with Crippen LogP contribution in [0.5, 0.6) is 5.75 Å². The Labute approximate surface area is 111 Å². The summed E-state index contributed by atoms with van der Waals surface area (Å²) in [6.07, 6.45) is 0.646. The van der Waals surface area contributed by atoms with E-state index >= 15 is 0 Å². The largest absolute Gasteiger partial charge is 0.484 e. The van der Waals surface area contributed by atoms with Gasteiger partial charge in [-0.15, -0.1) is 0 Å². The highest BCUT2D eigenvalue weighted by molar-refractivity contribution is 5.48. The van der Waals surface area contributed by atoms with Gasteiger partial charge in [0.1, 0.15) is 18.0 Å². The summed E-state index contributed by atoms with van der Waals surface area (Å²) in [5.74, 6) is -0.560. The van der Waals surface area contributed by atoms with Crippen LogP contribution in [0.2, 0.25) is 0 Å². The molecule has 4 atom stereocenters. The molecule has 2 heterocycles. The number of benzene rings is 1. The normalized spacial score (nSPS) is 37.2. The van der Waals surface area contributed by atoms with E-state index in [9.17, 15) is 8.78 Å². The van der Waals surface area contributed by atoms with E-state index in [-0.39, 0.29) is 35.1 Å². The van der Waals surface area contributed by atoms with Gasteiger partial charge >= 0.3 is 0 Å². The average Bonchev–Trinajstić information content (AvgIpc) is 3.12. The fourth-order valence-corrected chi connectivity index (χ4v) is 3.50. The number of hydrogen-bond donors (Lipinski definition) is 0. The molecule has 104 valence electrons. The first-order chi connectivity index (χ1) is 9.13. The lowest BCUT2D eigenvalue weighted by Crippen LogP contribution is -2.36. The van der Waals surface area contributed by atoms with Crippen LogP contribution in [0.1, 0.15) is 32.8 Å². The van der Waals surface area contributed by atoms with Gasteiger partial charge < -0.3 is 9.47 Å². The Morgan fingerprint density at radius 3 is 2.58 bits per heavy atom. The second-order valence-corrected chi connectivity index (χ2v) is 5.34. The summed E-state index contributed by atoms with van der Waals surface area (Å²) in [4.78, 5) is 0. The molecule has 4 heteroatoms. The van der Waals surface area contributed by atoms with Gasteiger partial charge in [0.15, 0.2) is 11.6 Å². The van der Waals surface area contributed by atoms with E-state index in [2.05, 4.69) is 0 Å². The highest BCUT2D eigenvalue weighted by Crippen LogP contribution is 2.61. The van der Waals surface area contributed by atoms with Crippen LogP contribution in [0.15, 0.2) is 12.1 Å². The summed E-state index contributed by atoms with van der Waals surface area (Å²) in [6.45, 7) is 6.59. The van der Waals surface area contributed by atoms with Crippen LogP contribution in [-0.4, -0.2) is 18.8 Å². The molecule has 2 aliphatic heterocycles. The molecule has 1 aliphatic carbocycles. The standard InChI is InChI=1S/C13H12F2O2.C2H6/c1-13-4-5-16-11-9(13)12(11)17-10-7(15)3-2-6(14)8(10)13;1-2/h2-3,9,11-12H,4-5H2,1H3;1-2H3/t9?,11?,12?,13-;/m0./s1. The number of ether oxygens (including phenoxy) is 2. The molecule has 1 saturated carbocycles. The first-order valence-corrected chi connectivity index (χ1v) is 6.90. The van der Waals surface area contributed by atoms with Crippen molar-refractivity contribution >= 4 is 0 Å². The first kappa shape index (κ1) is 12.9. The minimum Gasteiger partial charge on any atom is -0.484 e. The number of halogens is 2. The zero-order chi connectivity index (χ0) is 13.8. The Kier molecular flexibility index (Phi) is 2.82. The molecule has 1 saturated heterocycles. The van der Waals surface area contributed by atoms with E-state index in [4.69, 9.17) is 9.47 Å². The molecule has 0 spiro atoms. The van der Waals surface area contributed by atoms with Crippen molar-refractivity contribution < 1.29 is 18.3 Å². The monoisotopic (exact) mass is 268 g/mol. The summed E-state index contributed by atoms with van der Waals surface area (Å²) in [6, 6.07) is 2.32. The minimum atomic E-state index is -0.473. The molecule has 4 rings (SSSR count). The predicted octanol–water partition coefficient (Wildman–Crippen LogP) is 3.43. The van der Waals surface area contributed by atoms with E-state index in [1.54, 1.807) is 0 Å². The van der Waals surface area contributed by atoms with Gasteiger partial charge in [-0.05, 0) is 18.6 Å². The van der Waals surface area contributed by atoms with E-state index in [1.165, 1.54) is 6.07 Å². The fourth-order valence-electron chi connectivity index (χ4n) is 3.50. The maximum Gasteiger partial charge on any atom is 0.165 e. The van der Waals surface area contributed by atoms with Gasteiger partial charge in [0.05, 0.1) is 0 Å². The Balaban J connectivity index is 0.000000528. The average molecular weight is 268 g/mol. The van der Waals surface area contributed by atoms with Crippen LogP contribution in [0.25, 0.3) is 0 Å². The van der Waals surface area contributed by atoms with E-state index in [1.807, 2.05) is 20.8 Å². The molecule has 0 amide bonds. The van der Waals surface area contributed by atoms with Crippen molar-refractivity contribution in [1.82, 2.24) is 0 Å². The Morgan fingerprint density at radius 2 is 1.84 bits per heavy atom. The Morgan fingerprint density at radius 1 is 1.16 bits per heavy atom. The molecule has 0 N–H and O–H groups in total. The smallest absolute Gasteiger partial charge is 0.165 e. The zero-order valence-corrected chi connectivity index (χ0v) is 11.4. The van der Waals surface area contributed by atoms with Gasteiger partial charge in [-0.3, -0.25) is 0 Å². The topological polar surface area (TPSA) is 18.5 Å². The molecule has 0 bridgehead atoms. The second-order valence-electron chi connectivity index (χ2n) is 5.34. The minimum absolute atomic E-state index is 0.0138. The maximum absolute atomic E-state index is 14.0. The highest BCUT2D eigenvalue weighted by atomic mass is 19.1. The van der Waals surface area contributed by atoms with Gasteiger partial charge in [-0.1, -0.05) is 20.8 Å². The summed E-state index contributed by atoms with van der Waals surface area (Å²) in [5.41, 5.74) is 0.0671. The molecule has 0 radical (unpaired) electrons. The lowest BCUT2D eigenvalue weighted by molar-refractivity contribution is 0.0430. The second kappa shape index (κ2) is 4.17. The van der Waals surface area contributed by atoms with Gasteiger partial charge in [0.25, 0.3) is 0 Å². The van der Waals surface area contributed by atoms with Gasteiger partial charge in [0.2, 0.25) is 0 Å². The molecule has 1 aromatic rings. The quantitative estimate of drug-likeness (QED) is 0.717. The van der Waals surface area contributed by atoms with Crippen molar-refractivity contribution in [1.29, 1.82) is 0 Å². The van der Waals surface area contributed by atoms with E-state index < -0.39 is 5.82 Å². The van der Waals surface area contributed by atoms with Crippen LogP contribution in [-0.2, 0) is 10.2 Å². The zero-order valence-electron chi connectivity index (χ0n) is 11.4. The van der Waals surface area contributed by atoms with Crippen LogP contribution < -0.4 is 4.74 Å². The number of hydrogen-bond acceptors (Lipinski definition) is 2. The van der Waals surface area contributed by atoms with Crippen LogP contribution in [0.4, 0.5) is 8.78 Å². The highest BCUT2D eigenvalue weighted by Gasteiger charge is 2.68. The van der Waals surface area contributed by atoms with Gasteiger partial charge in [-0.2, -0.15) is 0 Å². The van der Waals surface area contributed by atoms with Crippen molar-refractivity contribution in [3.63, 3.8) is 0 Å². The summed E-state index contributed by atoms with van der Waals surface area (Å²) in [5, 5.41) is 0. The SMILES string of the molecule is CC.C[C@]12CCOC3C(Oc4c(F)ccc(F)c41)C32.